The van der Waals surface area contributed by atoms with Crippen LogP contribution in [0.5, 0.6) is 0 Å². The number of anilines is 3. The maximum Gasteiger partial charge on any atom is 0.257 e. The summed E-state index contributed by atoms with van der Waals surface area (Å²) in [6, 6.07) is 10.1. The Kier molecular flexibility index (Phi) is 6.29. The van der Waals surface area contributed by atoms with Crippen LogP contribution in [0.2, 0.25) is 0 Å². The first-order valence-electron chi connectivity index (χ1n) is 11.4. The monoisotopic (exact) mass is 482 g/mol. The Bertz CT molecular complexity index is 1330. The highest BCUT2D eigenvalue weighted by molar-refractivity contribution is 5.85. The first kappa shape index (κ1) is 23.1. The second-order valence-electron chi connectivity index (χ2n) is 8.73. The molecule has 0 amide bonds. The molecule has 3 aromatic heterocycles. The molecule has 0 spiro atoms. The van der Waals surface area contributed by atoms with E-state index in [9.17, 15) is 13.2 Å². The van der Waals surface area contributed by atoms with E-state index in [0.717, 1.165) is 29.3 Å². The van der Waals surface area contributed by atoms with Crippen LogP contribution in [0.25, 0.3) is 22.0 Å². The molecule has 10 heteroatoms. The highest BCUT2D eigenvalue weighted by Gasteiger charge is 2.23. The van der Waals surface area contributed by atoms with E-state index in [0.29, 0.717) is 27.8 Å². The predicted molar refractivity (Wildman–Crippen MR) is 129 cm³/mol. The van der Waals surface area contributed by atoms with Crippen molar-refractivity contribution in [3.05, 3.63) is 60.8 Å². The smallest absolute Gasteiger partial charge is 0.257 e. The minimum atomic E-state index is -2.57. The normalized spacial score (nSPS) is 18.4. The van der Waals surface area contributed by atoms with Crippen LogP contribution in [0.1, 0.15) is 13.8 Å². The number of aromatic nitrogens is 4. The predicted octanol–water partition coefficient (Wildman–Crippen LogP) is 5.25. The molecule has 4 aromatic rings. The second kappa shape index (κ2) is 9.53. The maximum absolute atomic E-state index is 15.0. The van der Waals surface area contributed by atoms with E-state index in [1.807, 2.05) is 26.0 Å². The molecule has 1 N–H and O–H groups in total. The number of rotatable bonds is 6. The zero-order valence-electron chi connectivity index (χ0n) is 19.3. The standard InChI is InChI=1S/C25H25F3N6O/c1-15-12-33(13-16(2)35-15)25-9-19(4-6-30-25)32-24-8-17(3-5-29-24)20-7-18-11-31-34(14-23(27)28)22(18)10-21(20)26/h3-11,15-16,23H,12-14H2,1-2H3,(H,29,30,32)/t15-,16+. The summed E-state index contributed by atoms with van der Waals surface area (Å²) < 4.78 is 47.5. The molecule has 0 radical (unpaired) electrons. The molecule has 2 atom stereocenters. The van der Waals surface area contributed by atoms with Crippen LogP contribution in [-0.4, -0.2) is 51.5 Å². The van der Waals surface area contributed by atoms with Crippen molar-refractivity contribution < 1.29 is 17.9 Å². The van der Waals surface area contributed by atoms with Crippen LogP contribution >= 0.6 is 0 Å². The lowest BCUT2D eigenvalue weighted by Crippen LogP contribution is -2.45. The summed E-state index contributed by atoms with van der Waals surface area (Å²) in [4.78, 5) is 11.1. The summed E-state index contributed by atoms with van der Waals surface area (Å²) in [5, 5.41) is 7.82. The quantitative estimate of drug-likeness (QED) is 0.405. The van der Waals surface area contributed by atoms with E-state index in [2.05, 4.69) is 25.3 Å². The van der Waals surface area contributed by atoms with E-state index in [-0.39, 0.29) is 12.2 Å². The summed E-state index contributed by atoms with van der Waals surface area (Å²) in [6.45, 7) is 5.01. The zero-order chi connectivity index (χ0) is 24.5. The maximum atomic E-state index is 15.0. The van der Waals surface area contributed by atoms with Gasteiger partial charge >= 0.3 is 0 Å². The first-order chi connectivity index (χ1) is 16.9. The SMILES string of the molecule is C[C@@H]1CN(c2cc(Nc3cc(-c4cc5cnn(CC(F)F)c5cc4F)ccn3)ccn2)C[C@H](C)O1. The third-order valence-electron chi connectivity index (χ3n) is 5.87. The Labute approximate surface area is 200 Å². The topological polar surface area (TPSA) is 68.1 Å². The molecule has 1 saturated heterocycles. The highest BCUT2D eigenvalue weighted by atomic mass is 19.3. The molecule has 35 heavy (non-hydrogen) atoms. The van der Waals surface area contributed by atoms with Gasteiger partial charge in [0.05, 0.1) is 23.9 Å². The number of hydrogen-bond acceptors (Lipinski definition) is 6. The average Bonchev–Trinajstić information content (AvgIpc) is 3.19. The average molecular weight is 483 g/mol. The van der Waals surface area contributed by atoms with Crippen LogP contribution < -0.4 is 10.2 Å². The second-order valence-corrected chi connectivity index (χ2v) is 8.73. The molecular weight excluding hydrogens is 457 g/mol. The number of halogens is 3. The van der Waals surface area contributed by atoms with Crippen LogP contribution in [0.3, 0.4) is 0 Å². The van der Waals surface area contributed by atoms with Crippen molar-refractivity contribution in [3.8, 4) is 11.1 Å². The van der Waals surface area contributed by atoms with Gasteiger partial charge in [-0.1, -0.05) is 0 Å². The number of hydrogen-bond donors (Lipinski definition) is 1. The van der Waals surface area contributed by atoms with Gasteiger partial charge in [0.15, 0.2) is 0 Å². The molecule has 5 rings (SSSR count). The van der Waals surface area contributed by atoms with Crippen molar-refractivity contribution in [2.45, 2.75) is 39.0 Å². The summed E-state index contributed by atoms with van der Waals surface area (Å²) >= 11 is 0. The van der Waals surface area contributed by atoms with Gasteiger partial charge in [-0.25, -0.2) is 23.1 Å². The molecule has 7 nitrogen and oxygen atoms in total. The summed E-state index contributed by atoms with van der Waals surface area (Å²) in [7, 11) is 0. The molecule has 1 aliphatic rings. The number of pyridine rings is 2. The van der Waals surface area contributed by atoms with E-state index >= 15 is 0 Å². The highest BCUT2D eigenvalue weighted by Crippen LogP contribution is 2.30. The molecule has 1 fully saturated rings. The van der Waals surface area contributed by atoms with Gasteiger partial charge in [0.25, 0.3) is 6.43 Å². The first-order valence-corrected chi connectivity index (χ1v) is 11.4. The molecule has 1 aromatic carbocycles. The van der Waals surface area contributed by atoms with Gasteiger partial charge in [0, 0.05) is 54.3 Å². The van der Waals surface area contributed by atoms with Crippen molar-refractivity contribution in [1.82, 2.24) is 19.7 Å². The Balaban J connectivity index is 1.39. The lowest BCUT2D eigenvalue weighted by atomic mass is 10.0. The minimum absolute atomic E-state index is 0.116. The lowest BCUT2D eigenvalue weighted by Gasteiger charge is -2.36. The van der Waals surface area contributed by atoms with E-state index < -0.39 is 18.8 Å². The van der Waals surface area contributed by atoms with E-state index in [1.54, 1.807) is 30.6 Å². The van der Waals surface area contributed by atoms with Crippen LogP contribution in [0.15, 0.2) is 55.0 Å². The van der Waals surface area contributed by atoms with Gasteiger partial charge in [-0.05, 0) is 43.7 Å². The van der Waals surface area contributed by atoms with Crippen LogP contribution in [-0.2, 0) is 11.3 Å². The van der Waals surface area contributed by atoms with Gasteiger partial charge in [0.1, 0.15) is 24.0 Å². The summed E-state index contributed by atoms with van der Waals surface area (Å²) in [5.74, 6) is 0.856. The Hall–Kier alpha value is -3.66. The van der Waals surface area contributed by atoms with Gasteiger partial charge in [-0.3, -0.25) is 4.68 Å². The number of fused-ring (bicyclic) bond motifs is 1. The fourth-order valence-electron chi connectivity index (χ4n) is 4.45. The number of morpholine rings is 1. The fourth-order valence-corrected chi connectivity index (χ4v) is 4.45. The third-order valence-corrected chi connectivity index (χ3v) is 5.87. The fraction of sp³-hybridized carbons (Fsp3) is 0.320. The molecule has 0 saturated carbocycles. The largest absolute Gasteiger partial charge is 0.372 e. The number of ether oxygens (including phenoxy) is 1. The summed E-state index contributed by atoms with van der Waals surface area (Å²) in [6.07, 6.45) is 2.45. The lowest BCUT2D eigenvalue weighted by molar-refractivity contribution is -0.00545. The number of alkyl halides is 2. The number of benzene rings is 1. The van der Waals surface area contributed by atoms with E-state index in [1.165, 1.54) is 12.3 Å². The van der Waals surface area contributed by atoms with Crippen molar-refractivity contribution >= 4 is 28.2 Å². The molecule has 4 heterocycles. The Morgan fingerprint density at radius 3 is 2.60 bits per heavy atom. The summed E-state index contributed by atoms with van der Waals surface area (Å²) in [5.41, 5.74) is 2.07. The van der Waals surface area contributed by atoms with Crippen molar-refractivity contribution in [3.63, 3.8) is 0 Å². The Morgan fingerprint density at radius 2 is 1.83 bits per heavy atom. The molecule has 1 aliphatic heterocycles. The van der Waals surface area contributed by atoms with Crippen molar-refractivity contribution in [1.29, 1.82) is 0 Å². The molecule has 0 aliphatic carbocycles. The molecule has 0 bridgehead atoms. The molecule has 0 unspecified atom stereocenters. The number of nitrogens with zero attached hydrogens (tertiary/aromatic N) is 5. The number of nitrogens with one attached hydrogen (secondary N) is 1. The molecular formula is C25H25F3N6O. The van der Waals surface area contributed by atoms with Crippen molar-refractivity contribution in [2.24, 2.45) is 0 Å². The van der Waals surface area contributed by atoms with Gasteiger partial charge in [0.2, 0.25) is 0 Å². The van der Waals surface area contributed by atoms with E-state index in [4.69, 9.17) is 4.74 Å². The minimum Gasteiger partial charge on any atom is -0.372 e. The zero-order valence-corrected chi connectivity index (χ0v) is 19.3. The van der Waals surface area contributed by atoms with Crippen LogP contribution in [0.4, 0.5) is 30.5 Å². The van der Waals surface area contributed by atoms with Gasteiger partial charge < -0.3 is 15.0 Å². The van der Waals surface area contributed by atoms with Crippen molar-refractivity contribution in [2.75, 3.05) is 23.3 Å². The van der Waals surface area contributed by atoms with Crippen LogP contribution in [0, 0.1) is 5.82 Å². The van der Waals surface area contributed by atoms with Gasteiger partial charge in [-0.2, -0.15) is 5.10 Å². The van der Waals surface area contributed by atoms with Gasteiger partial charge in [-0.15, -0.1) is 0 Å². The molecule has 182 valence electrons. The Morgan fingerprint density at radius 1 is 1.06 bits per heavy atom. The third kappa shape index (κ3) is 5.07.